The molecule has 0 bridgehead atoms. The van der Waals surface area contributed by atoms with Gasteiger partial charge in [0.1, 0.15) is 16.2 Å². The fraction of sp³-hybridized carbons (Fsp3) is 0.524. The molecule has 0 aliphatic carbocycles. The molecule has 0 fully saturated rings. The zero-order valence-electron chi connectivity index (χ0n) is 19.7. The third-order valence-corrected chi connectivity index (χ3v) is 6.16. The van der Waals surface area contributed by atoms with Crippen molar-refractivity contribution in [3.63, 3.8) is 0 Å². The van der Waals surface area contributed by atoms with Crippen LogP contribution in [0.3, 0.4) is 0 Å². The second-order valence-electron chi connectivity index (χ2n) is 8.73. The van der Waals surface area contributed by atoms with Crippen molar-refractivity contribution < 1.29 is 14.3 Å². The molecule has 33 heavy (non-hydrogen) atoms. The summed E-state index contributed by atoms with van der Waals surface area (Å²) >= 11 is 1.18. The molecule has 0 aromatic carbocycles. The fourth-order valence-electron chi connectivity index (χ4n) is 3.40. The summed E-state index contributed by atoms with van der Waals surface area (Å²) in [5.41, 5.74) is -0.549. The summed E-state index contributed by atoms with van der Waals surface area (Å²) in [6.07, 6.45) is 0. The minimum absolute atomic E-state index is 0.146. The van der Waals surface area contributed by atoms with E-state index in [0.717, 1.165) is 4.57 Å². The van der Waals surface area contributed by atoms with Gasteiger partial charge in [0.15, 0.2) is 5.65 Å². The van der Waals surface area contributed by atoms with Crippen LogP contribution in [0.25, 0.3) is 11.0 Å². The summed E-state index contributed by atoms with van der Waals surface area (Å²) in [5, 5.41) is 5.88. The number of rotatable bonds is 5. The standard InChI is InChI=1S/C21H28N6O5S/c1-8-32-17(29)12-10(2)22-19(30)23-11(12)9-33-15-13-14(24-18(25-15)21(3,4)5)26(6)20(31)27(7)16(13)28/h10H,8-9H2,1-7H3,(H2,22,23,30). The van der Waals surface area contributed by atoms with Crippen LogP contribution in [0.4, 0.5) is 4.79 Å². The highest BCUT2D eigenvalue weighted by molar-refractivity contribution is 7.99. The smallest absolute Gasteiger partial charge is 0.337 e. The van der Waals surface area contributed by atoms with E-state index in [4.69, 9.17) is 4.74 Å². The first kappa shape index (κ1) is 24.5. The van der Waals surface area contributed by atoms with Gasteiger partial charge in [0, 0.05) is 31.0 Å². The Kier molecular flexibility index (Phi) is 6.68. The number of carbonyl (C=O) groups is 2. The molecular weight excluding hydrogens is 448 g/mol. The van der Waals surface area contributed by atoms with Gasteiger partial charge in [-0.3, -0.25) is 13.9 Å². The molecule has 1 unspecified atom stereocenters. The molecule has 0 spiro atoms. The van der Waals surface area contributed by atoms with Gasteiger partial charge in [0.05, 0.1) is 18.2 Å². The van der Waals surface area contributed by atoms with E-state index in [0.29, 0.717) is 22.1 Å². The van der Waals surface area contributed by atoms with Gasteiger partial charge in [0.2, 0.25) is 0 Å². The highest BCUT2D eigenvalue weighted by atomic mass is 32.2. The van der Waals surface area contributed by atoms with Gasteiger partial charge in [-0.05, 0) is 13.8 Å². The maximum atomic E-state index is 13.0. The summed E-state index contributed by atoms with van der Waals surface area (Å²) in [7, 11) is 2.94. The molecule has 11 nitrogen and oxygen atoms in total. The Balaban J connectivity index is 2.18. The van der Waals surface area contributed by atoms with Gasteiger partial charge in [-0.15, -0.1) is 0 Å². The number of hydrogen-bond donors (Lipinski definition) is 2. The minimum Gasteiger partial charge on any atom is -0.463 e. The zero-order valence-corrected chi connectivity index (χ0v) is 20.5. The van der Waals surface area contributed by atoms with Crippen molar-refractivity contribution in [1.82, 2.24) is 29.7 Å². The van der Waals surface area contributed by atoms with Gasteiger partial charge in [-0.2, -0.15) is 0 Å². The molecule has 1 aliphatic heterocycles. The third kappa shape index (κ3) is 4.65. The molecule has 2 amide bonds. The van der Waals surface area contributed by atoms with Crippen LogP contribution in [0.1, 0.15) is 40.4 Å². The van der Waals surface area contributed by atoms with E-state index < -0.39 is 34.7 Å². The van der Waals surface area contributed by atoms with Crippen molar-refractivity contribution in [3.05, 3.63) is 37.9 Å². The molecule has 12 heteroatoms. The summed E-state index contributed by atoms with van der Waals surface area (Å²) in [6.45, 7) is 9.37. The number of nitrogens with zero attached hydrogens (tertiary/aromatic N) is 4. The number of ether oxygens (including phenoxy) is 1. The molecular formula is C21H28N6O5S. The predicted octanol–water partition coefficient (Wildman–Crippen LogP) is 0.935. The maximum absolute atomic E-state index is 13.0. The number of hydrogen-bond acceptors (Lipinski definition) is 8. The van der Waals surface area contributed by atoms with E-state index in [1.165, 1.54) is 23.4 Å². The zero-order chi connectivity index (χ0) is 24.7. The van der Waals surface area contributed by atoms with E-state index in [2.05, 4.69) is 20.6 Å². The van der Waals surface area contributed by atoms with Crippen molar-refractivity contribution >= 4 is 34.8 Å². The van der Waals surface area contributed by atoms with Crippen LogP contribution in [0, 0.1) is 0 Å². The Bertz CT molecular complexity index is 1290. The number of esters is 1. The molecule has 2 aromatic rings. The Morgan fingerprint density at radius 1 is 1.15 bits per heavy atom. The van der Waals surface area contributed by atoms with Gasteiger partial charge < -0.3 is 15.4 Å². The maximum Gasteiger partial charge on any atom is 0.337 e. The number of urea groups is 1. The first-order valence-corrected chi connectivity index (χ1v) is 11.4. The molecule has 0 radical (unpaired) electrons. The van der Waals surface area contributed by atoms with Crippen LogP contribution >= 0.6 is 11.8 Å². The van der Waals surface area contributed by atoms with Gasteiger partial charge in [-0.1, -0.05) is 32.5 Å². The summed E-state index contributed by atoms with van der Waals surface area (Å²) in [5.74, 6) is 0.0746. The molecule has 1 aliphatic rings. The summed E-state index contributed by atoms with van der Waals surface area (Å²) in [6, 6.07) is -0.984. The highest BCUT2D eigenvalue weighted by Crippen LogP contribution is 2.29. The largest absolute Gasteiger partial charge is 0.463 e. The molecule has 2 N–H and O–H groups in total. The first-order valence-electron chi connectivity index (χ1n) is 10.5. The van der Waals surface area contributed by atoms with Gasteiger partial charge in [-0.25, -0.2) is 24.4 Å². The number of thioether (sulfide) groups is 1. The number of nitrogens with one attached hydrogen (secondary N) is 2. The fourth-order valence-corrected chi connectivity index (χ4v) is 4.39. The van der Waals surface area contributed by atoms with Crippen molar-refractivity contribution in [2.75, 3.05) is 12.4 Å². The molecule has 178 valence electrons. The van der Waals surface area contributed by atoms with Crippen LogP contribution in [0.15, 0.2) is 25.9 Å². The van der Waals surface area contributed by atoms with Crippen molar-refractivity contribution in [2.24, 2.45) is 14.1 Å². The first-order chi connectivity index (χ1) is 15.4. The van der Waals surface area contributed by atoms with E-state index in [9.17, 15) is 19.2 Å². The van der Waals surface area contributed by atoms with E-state index >= 15 is 0 Å². The average Bonchev–Trinajstić information content (AvgIpc) is 2.73. The SMILES string of the molecule is CCOC(=O)C1=C(CSc2nc(C(C)(C)C)nc3c2c(=O)n(C)c(=O)n3C)NC(=O)NC1C. The monoisotopic (exact) mass is 476 g/mol. The summed E-state index contributed by atoms with van der Waals surface area (Å²) in [4.78, 5) is 59.2. The second kappa shape index (κ2) is 9.00. The van der Waals surface area contributed by atoms with Crippen molar-refractivity contribution in [3.8, 4) is 0 Å². The summed E-state index contributed by atoms with van der Waals surface area (Å²) < 4.78 is 7.47. The van der Waals surface area contributed by atoms with Crippen LogP contribution < -0.4 is 21.9 Å². The Hall–Kier alpha value is -3.15. The lowest BCUT2D eigenvalue weighted by Crippen LogP contribution is -2.49. The third-order valence-electron chi connectivity index (χ3n) is 5.16. The number of aryl methyl sites for hydroxylation is 1. The second-order valence-corrected chi connectivity index (χ2v) is 9.69. The average molecular weight is 477 g/mol. The quantitative estimate of drug-likeness (QED) is 0.369. The molecule has 3 rings (SSSR count). The number of amides is 2. The Labute approximate surface area is 194 Å². The number of aromatic nitrogens is 4. The van der Waals surface area contributed by atoms with Crippen molar-refractivity contribution in [2.45, 2.75) is 51.1 Å². The molecule has 3 heterocycles. The molecule has 0 saturated heterocycles. The van der Waals surface area contributed by atoms with Crippen molar-refractivity contribution in [1.29, 1.82) is 0 Å². The molecule has 1 atom stereocenters. The Morgan fingerprint density at radius 2 is 1.82 bits per heavy atom. The van der Waals surface area contributed by atoms with E-state index in [-0.39, 0.29) is 23.4 Å². The lowest BCUT2D eigenvalue weighted by molar-refractivity contribution is -0.138. The topological polar surface area (TPSA) is 137 Å². The van der Waals surface area contributed by atoms with Crippen LogP contribution in [-0.4, -0.2) is 49.5 Å². The van der Waals surface area contributed by atoms with E-state index in [1.54, 1.807) is 20.9 Å². The number of fused-ring (bicyclic) bond motifs is 1. The lowest BCUT2D eigenvalue weighted by atomic mass is 9.96. The van der Waals surface area contributed by atoms with Gasteiger partial charge in [0.25, 0.3) is 5.56 Å². The highest BCUT2D eigenvalue weighted by Gasteiger charge is 2.30. The lowest BCUT2D eigenvalue weighted by Gasteiger charge is -2.26. The van der Waals surface area contributed by atoms with Crippen LogP contribution in [-0.2, 0) is 29.0 Å². The minimum atomic E-state index is -0.547. The van der Waals surface area contributed by atoms with Gasteiger partial charge >= 0.3 is 17.7 Å². The molecule has 2 aromatic heterocycles. The Morgan fingerprint density at radius 3 is 2.42 bits per heavy atom. The van der Waals surface area contributed by atoms with Crippen LogP contribution in [0.2, 0.25) is 0 Å². The normalized spacial score (nSPS) is 16.6. The van der Waals surface area contributed by atoms with E-state index in [1.807, 2.05) is 20.8 Å². The molecule has 0 saturated carbocycles. The van der Waals surface area contributed by atoms with Crippen LogP contribution in [0.5, 0.6) is 0 Å². The number of carbonyl (C=O) groups excluding carboxylic acids is 2. The predicted molar refractivity (Wildman–Crippen MR) is 124 cm³/mol.